The third kappa shape index (κ3) is 30.8. The van der Waals surface area contributed by atoms with E-state index in [1.807, 2.05) is 0 Å². The highest BCUT2D eigenvalue weighted by Gasteiger charge is 2.14. The van der Waals surface area contributed by atoms with Crippen molar-refractivity contribution < 1.29 is 48.0 Å². The molecule has 258 valence electrons. The van der Waals surface area contributed by atoms with Gasteiger partial charge in [0.1, 0.15) is 15.6 Å². The van der Waals surface area contributed by atoms with Gasteiger partial charge in [0, 0.05) is 77.7 Å². The molecule has 0 bridgehead atoms. The number of Topliss-reactive ketones (excluding diaryl/α,β-unsaturated/α-hetero) is 1. The lowest BCUT2D eigenvalue weighted by atomic mass is 10.1. The number of ketones is 1. The fraction of sp³-hybridized carbons (Fsp3) is 0.821. The summed E-state index contributed by atoms with van der Waals surface area (Å²) >= 11 is 0. The topological polar surface area (TPSA) is 228 Å². The predicted molar refractivity (Wildman–Crippen MR) is 163 cm³/mol. The maximum Gasteiger partial charge on any atom is 0.246 e. The smallest absolute Gasteiger partial charge is 0.246 e. The summed E-state index contributed by atoms with van der Waals surface area (Å²) in [5.74, 6) is -1.74. The molecule has 15 nitrogen and oxygen atoms in total. The molecule has 0 aromatic heterocycles. The highest BCUT2D eigenvalue weighted by atomic mass is 32.2. The molecule has 6 N–H and O–H groups in total. The van der Waals surface area contributed by atoms with Gasteiger partial charge in [0.25, 0.3) is 0 Å². The molecule has 4 amide bonds. The minimum atomic E-state index is -2.67. The van der Waals surface area contributed by atoms with Gasteiger partial charge in [0.2, 0.25) is 23.6 Å². The van der Waals surface area contributed by atoms with Gasteiger partial charge in [-0.15, -0.1) is 0 Å². The Morgan fingerprint density at radius 2 is 1.05 bits per heavy atom. The first-order valence-corrected chi connectivity index (χ1v) is 17.5. The van der Waals surface area contributed by atoms with Crippen molar-refractivity contribution in [1.29, 1.82) is 0 Å². The van der Waals surface area contributed by atoms with E-state index in [-0.39, 0.29) is 57.0 Å². The first-order chi connectivity index (χ1) is 20.6. The Bertz CT molecular complexity index is 941. The Morgan fingerprint density at radius 3 is 1.55 bits per heavy atom. The van der Waals surface area contributed by atoms with Crippen LogP contribution < -0.4 is 11.1 Å². The molecule has 0 aliphatic carbocycles. The van der Waals surface area contributed by atoms with E-state index in [2.05, 4.69) is 5.32 Å². The largest absolute Gasteiger partial charge is 0.356 e. The molecule has 0 radical (unpaired) electrons. The first-order valence-electron chi connectivity index (χ1n) is 15.2. The van der Waals surface area contributed by atoms with Crippen LogP contribution in [0.1, 0.15) is 103 Å². The van der Waals surface area contributed by atoms with E-state index in [0.29, 0.717) is 73.2 Å². The highest BCUT2D eigenvalue weighted by Crippen LogP contribution is 2.09. The number of nitrogens with zero attached hydrogens (tertiary/aromatic N) is 3. The fourth-order valence-corrected chi connectivity index (χ4v) is 3.66. The van der Waals surface area contributed by atoms with Gasteiger partial charge in [-0.1, -0.05) is 19.3 Å². The fourth-order valence-electron chi connectivity index (χ4n) is 3.66. The summed E-state index contributed by atoms with van der Waals surface area (Å²) in [6.45, 7) is 2.89. The molecule has 0 aromatic carbocycles. The summed E-state index contributed by atoms with van der Waals surface area (Å²) in [5.41, 5.74) is 5.40. The monoisotopic (exact) mass is 653 g/mol. The molecule has 0 rings (SSSR count). The Kier molecular flexibility index (Phi) is 26.4. The second-order valence-electron chi connectivity index (χ2n) is 10.8. The molecular formula is C28H55N5O10S. The number of nitrogens with two attached hydrogens (primary N) is 1. The number of carbonyl (C=O) groups is 5. The van der Waals surface area contributed by atoms with Crippen LogP contribution >= 0.6 is 0 Å². The van der Waals surface area contributed by atoms with Crippen LogP contribution in [0.4, 0.5) is 0 Å². The second-order valence-corrected chi connectivity index (χ2v) is 13.1. The number of hydrogen-bond acceptors (Lipinski definition) is 11. The van der Waals surface area contributed by atoms with Crippen molar-refractivity contribution >= 4 is 39.2 Å². The molecule has 0 aromatic rings. The van der Waals surface area contributed by atoms with Gasteiger partial charge in [0.15, 0.2) is 0 Å². The number of unbranched alkanes of at least 4 members (excludes halogenated alkanes) is 7. The average Bonchev–Trinajstić information content (AvgIpc) is 2.94. The van der Waals surface area contributed by atoms with Crippen molar-refractivity contribution in [2.75, 3.05) is 45.2 Å². The maximum absolute atomic E-state index is 12.0. The van der Waals surface area contributed by atoms with Crippen molar-refractivity contribution in [1.82, 2.24) is 20.5 Å². The van der Waals surface area contributed by atoms with Crippen LogP contribution in [0.15, 0.2) is 0 Å². The minimum absolute atomic E-state index is 0.0163. The maximum atomic E-state index is 12.0. The lowest BCUT2D eigenvalue weighted by molar-refractivity contribution is -0.166. The Labute approximate surface area is 261 Å². The van der Waals surface area contributed by atoms with Gasteiger partial charge < -0.3 is 11.1 Å². The van der Waals surface area contributed by atoms with E-state index in [4.69, 9.17) is 5.73 Å². The van der Waals surface area contributed by atoms with Crippen molar-refractivity contribution in [2.24, 2.45) is 5.73 Å². The number of nitrogens with one attached hydrogen (secondary N) is 1. The molecule has 0 saturated heterocycles. The summed E-state index contributed by atoms with van der Waals surface area (Å²) in [6, 6.07) is 0. The zero-order valence-corrected chi connectivity index (χ0v) is 27.5. The number of amides is 4. The zero-order valence-electron chi connectivity index (χ0n) is 26.7. The van der Waals surface area contributed by atoms with Crippen LogP contribution in [0.5, 0.6) is 0 Å². The number of hydroxylamine groups is 6. The summed E-state index contributed by atoms with van der Waals surface area (Å²) < 4.78 is 19.3. The van der Waals surface area contributed by atoms with Crippen molar-refractivity contribution in [3.8, 4) is 0 Å². The van der Waals surface area contributed by atoms with Crippen LogP contribution in [0, 0.1) is 0 Å². The standard InChI is InChI=1S/C26H49N5O8.C2H6O2S/c1-22(32)29(37)19-11-5-8-18-28-24(34)14-16-26(36)31(39)20-9-3-2-6-12-23(33)13-15-25(35)30(38)21-10-4-7-17-27;1-5(2,3)4/h37-39H,2-21,27H2,1H3,(H,28,34);1-2H3. The summed E-state index contributed by atoms with van der Waals surface area (Å²) in [6.07, 6.45) is 9.60. The average molecular weight is 654 g/mol. The normalized spacial score (nSPS) is 10.8. The van der Waals surface area contributed by atoms with E-state index in [1.54, 1.807) is 0 Å². The molecule has 16 heteroatoms. The molecule has 0 heterocycles. The van der Waals surface area contributed by atoms with Gasteiger partial charge >= 0.3 is 0 Å². The van der Waals surface area contributed by atoms with Gasteiger partial charge in [-0.05, 0) is 51.5 Å². The zero-order chi connectivity index (χ0) is 34.0. The minimum Gasteiger partial charge on any atom is -0.356 e. The van der Waals surface area contributed by atoms with Gasteiger partial charge in [-0.25, -0.2) is 23.6 Å². The van der Waals surface area contributed by atoms with Crippen LogP contribution in [0.3, 0.4) is 0 Å². The summed E-state index contributed by atoms with van der Waals surface area (Å²) in [4.78, 5) is 58.5. The lowest BCUT2D eigenvalue weighted by Crippen LogP contribution is -2.31. The third-order valence-electron chi connectivity index (χ3n) is 6.14. The van der Waals surface area contributed by atoms with E-state index in [9.17, 15) is 48.0 Å². The van der Waals surface area contributed by atoms with Crippen LogP contribution in [-0.4, -0.2) is 114 Å². The van der Waals surface area contributed by atoms with Crippen LogP contribution in [0.25, 0.3) is 0 Å². The predicted octanol–water partition coefficient (Wildman–Crippen LogP) is 1.82. The number of sulfone groups is 1. The molecule has 0 aliphatic heterocycles. The van der Waals surface area contributed by atoms with Crippen LogP contribution in [-0.2, 0) is 33.8 Å². The van der Waals surface area contributed by atoms with E-state index in [1.165, 1.54) is 6.92 Å². The van der Waals surface area contributed by atoms with E-state index < -0.39 is 27.6 Å². The Balaban J connectivity index is 0. The third-order valence-corrected chi connectivity index (χ3v) is 6.14. The van der Waals surface area contributed by atoms with Crippen molar-refractivity contribution in [2.45, 2.75) is 103 Å². The molecule has 0 atom stereocenters. The van der Waals surface area contributed by atoms with Crippen molar-refractivity contribution in [3.63, 3.8) is 0 Å². The molecule has 0 aliphatic rings. The molecule has 0 spiro atoms. The molecule has 0 unspecified atom stereocenters. The number of carbonyl (C=O) groups excluding carboxylic acids is 5. The van der Waals surface area contributed by atoms with Crippen LogP contribution in [0.2, 0.25) is 0 Å². The van der Waals surface area contributed by atoms with Crippen molar-refractivity contribution in [3.05, 3.63) is 0 Å². The lowest BCUT2D eigenvalue weighted by Gasteiger charge is -2.15. The molecule has 0 fully saturated rings. The van der Waals surface area contributed by atoms with E-state index >= 15 is 0 Å². The molecule has 0 saturated carbocycles. The number of rotatable bonds is 24. The Morgan fingerprint density at radius 1 is 0.614 bits per heavy atom. The summed E-state index contributed by atoms with van der Waals surface area (Å²) in [7, 11) is -2.67. The number of hydrogen-bond donors (Lipinski definition) is 5. The Hall–Kier alpha value is -2.66. The van der Waals surface area contributed by atoms with Gasteiger partial charge in [-0.2, -0.15) is 0 Å². The first kappa shape index (κ1) is 43.5. The molecule has 44 heavy (non-hydrogen) atoms. The quantitative estimate of drug-likeness (QED) is 0.0573. The van der Waals surface area contributed by atoms with Gasteiger partial charge in [-0.3, -0.25) is 39.6 Å². The van der Waals surface area contributed by atoms with E-state index in [0.717, 1.165) is 38.2 Å². The molecular weight excluding hydrogens is 598 g/mol. The van der Waals surface area contributed by atoms with Gasteiger partial charge in [0.05, 0.1) is 0 Å². The second kappa shape index (κ2) is 26.7. The highest BCUT2D eigenvalue weighted by molar-refractivity contribution is 7.89. The summed E-state index contributed by atoms with van der Waals surface area (Å²) in [5, 5.41) is 33.5. The SMILES string of the molecule is CC(=O)N(O)CCCCCNC(=O)CCC(=O)N(O)CCCCCCC(=O)CCC(=O)N(O)CCCCCN.CS(C)(=O)=O.